The predicted molar refractivity (Wildman–Crippen MR) is 131 cm³/mol. The van der Waals surface area contributed by atoms with Gasteiger partial charge in [0, 0.05) is 18.7 Å². The lowest BCUT2D eigenvalue weighted by Gasteiger charge is -2.13. The van der Waals surface area contributed by atoms with Crippen LogP contribution in [0.2, 0.25) is 0 Å². The molecule has 4 aromatic carbocycles. The van der Waals surface area contributed by atoms with Gasteiger partial charge in [-0.05, 0) is 70.1 Å². The van der Waals surface area contributed by atoms with Crippen molar-refractivity contribution in [1.82, 2.24) is 0 Å². The quantitative estimate of drug-likeness (QED) is 0.335. The highest BCUT2D eigenvalue weighted by molar-refractivity contribution is 5.98. The third-order valence-corrected chi connectivity index (χ3v) is 5.43. The molecule has 158 valence electrons. The molecule has 0 radical (unpaired) electrons. The summed E-state index contributed by atoms with van der Waals surface area (Å²) in [7, 11) is 0. The maximum absolute atomic E-state index is 10.7. The van der Waals surface area contributed by atoms with Gasteiger partial charge in [-0.1, -0.05) is 66.7 Å². The van der Waals surface area contributed by atoms with Crippen LogP contribution in [0.15, 0.2) is 84.9 Å². The first-order valence-electron chi connectivity index (χ1n) is 10.2. The fourth-order valence-corrected chi connectivity index (χ4v) is 3.85. The number of nitrogens with one attached hydrogen (secondary N) is 1. The first kappa shape index (κ1) is 22.4. The number of carboxylic acids is 1. The van der Waals surface area contributed by atoms with Gasteiger partial charge >= 0.3 is 5.97 Å². The third kappa shape index (κ3) is 5.44. The molecular weight excluding hydrogens is 406 g/mol. The van der Waals surface area contributed by atoms with Crippen LogP contribution in [0.3, 0.4) is 0 Å². The number of carboxylic acid groups (broad SMARTS) is 1. The van der Waals surface area contributed by atoms with E-state index in [-0.39, 0.29) is 18.8 Å². The number of carbonyl (C=O) groups is 1. The number of hydrogen-bond acceptors (Lipinski definition) is 2. The third-order valence-electron chi connectivity index (χ3n) is 5.43. The molecule has 0 atom stereocenters. The molecule has 0 bridgehead atoms. The highest BCUT2D eigenvalue weighted by Crippen LogP contribution is 2.32. The second-order valence-electron chi connectivity index (χ2n) is 7.62. The van der Waals surface area contributed by atoms with Crippen LogP contribution in [-0.4, -0.2) is 11.1 Å². The zero-order chi connectivity index (χ0) is 20.9. The molecule has 0 aromatic heterocycles. The van der Waals surface area contributed by atoms with E-state index in [2.05, 4.69) is 72.9 Å². The van der Waals surface area contributed by atoms with Crippen molar-refractivity contribution in [2.45, 2.75) is 26.3 Å². The number of fused-ring (bicyclic) bond motifs is 1. The summed E-state index contributed by atoms with van der Waals surface area (Å²) in [6, 6.07) is 29.6. The first-order valence-corrected chi connectivity index (χ1v) is 10.2. The van der Waals surface area contributed by atoms with E-state index >= 15 is 0 Å². The molecule has 4 aromatic rings. The van der Waals surface area contributed by atoms with E-state index in [9.17, 15) is 4.79 Å². The molecule has 0 aliphatic carbocycles. The average Bonchev–Trinajstić information content (AvgIpc) is 2.77. The fourth-order valence-electron chi connectivity index (χ4n) is 3.85. The number of aryl methyl sites for hydroxylation is 2. The zero-order valence-electron chi connectivity index (χ0n) is 17.5. The molecule has 0 saturated heterocycles. The summed E-state index contributed by atoms with van der Waals surface area (Å²) < 4.78 is 0. The maximum atomic E-state index is 10.7. The van der Waals surface area contributed by atoms with E-state index in [0.717, 1.165) is 17.8 Å². The van der Waals surface area contributed by atoms with Gasteiger partial charge in [0.2, 0.25) is 0 Å². The zero-order valence-corrected chi connectivity index (χ0v) is 18.3. The second kappa shape index (κ2) is 10.1. The minimum atomic E-state index is -0.765. The molecular formula is C27H26ClNO2. The molecule has 4 heteroatoms. The predicted octanol–water partition coefficient (Wildman–Crippen LogP) is 6.87. The average molecular weight is 432 g/mol. The lowest BCUT2D eigenvalue weighted by atomic mass is 9.93. The van der Waals surface area contributed by atoms with Crippen LogP contribution < -0.4 is 5.32 Å². The molecule has 0 saturated carbocycles. The standard InChI is InChI=1S/C27H25NO2.ClH/c1-19-9-13-22-6-2-3-8-25(22)27(19)23-7-4-5-21(17-23)18-28-24-14-10-20(11-15-24)12-16-26(29)30;/h2-11,13-15,17,28H,12,16,18H2,1H3,(H,29,30);1H. The molecule has 0 aliphatic heterocycles. The fraction of sp³-hybridized carbons (Fsp3) is 0.148. The number of aliphatic carboxylic acids is 1. The number of anilines is 1. The number of halogens is 1. The van der Waals surface area contributed by atoms with Gasteiger partial charge in [-0.2, -0.15) is 0 Å². The van der Waals surface area contributed by atoms with Gasteiger partial charge in [-0.25, -0.2) is 0 Å². The van der Waals surface area contributed by atoms with Crippen molar-refractivity contribution in [2.24, 2.45) is 0 Å². The molecule has 31 heavy (non-hydrogen) atoms. The second-order valence-corrected chi connectivity index (χ2v) is 7.62. The highest BCUT2D eigenvalue weighted by atomic mass is 35.5. The minimum absolute atomic E-state index is 0. The van der Waals surface area contributed by atoms with Gasteiger partial charge in [-0.3, -0.25) is 4.79 Å². The minimum Gasteiger partial charge on any atom is -0.481 e. The maximum Gasteiger partial charge on any atom is 0.303 e. The highest BCUT2D eigenvalue weighted by Gasteiger charge is 2.08. The first-order chi connectivity index (χ1) is 14.6. The Balaban J connectivity index is 0.00000272. The van der Waals surface area contributed by atoms with Gasteiger partial charge in [0.05, 0.1) is 0 Å². The molecule has 3 nitrogen and oxygen atoms in total. The van der Waals surface area contributed by atoms with Gasteiger partial charge in [0.25, 0.3) is 0 Å². The van der Waals surface area contributed by atoms with E-state index < -0.39 is 5.97 Å². The van der Waals surface area contributed by atoms with Gasteiger partial charge in [-0.15, -0.1) is 12.4 Å². The van der Waals surface area contributed by atoms with Crippen molar-refractivity contribution in [3.05, 3.63) is 102 Å². The number of rotatable bonds is 7. The largest absolute Gasteiger partial charge is 0.481 e. The number of hydrogen-bond donors (Lipinski definition) is 2. The Morgan fingerprint density at radius 2 is 1.65 bits per heavy atom. The Labute approximate surface area is 189 Å². The topological polar surface area (TPSA) is 49.3 Å². The molecule has 0 unspecified atom stereocenters. The van der Waals surface area contributed by atoms with Crippen molar-refractivity contribution in [3.8, 4) is 11.1 Å². The SMILES string of the molecule is Cc1ccc2ccccc2c1-c1cccc(CNc2ccc(CCC(=O)O)cc2)c1.Cl. The van der Waals surface area contributed by atoms with E-state index in [1.807, 2.05) is 24.3 Å². The molecule has 0 spiro atoms. The van der Waals surface area contributed by atoms with Crippen LogP contribution in [-0.2, 0) is 17.8 Å². The van der Waals surface area contributed by atoms with Crippen molar-refractivity contribution in [2.75, 3.05) is 5.32 Å². The van der Waals surface area contributed by atoms with Crippen LogP contribution in [0.1, 0.15) is 23.1 Å². The molecule has 0 fully saturated rings. The van der Waals surface area contributed by atoms with Crippen LogP contribution in [0.4, 0.5) is 5.69 Å². The van der Waals surface area contributed by atoms with Gasteiger partial charge in [0.1, 0.15) is 0 Å². The van der Waals surface area contributed by atoms with Crippen molar-refractivity contribution in [1.29, 1.82) is 0 Å². The summed E-state index contributed by atoms with van der Waals surface area (Å²) in [5, 5.41) is 14.8. The van der Waals surface area contributed by atoms with Crippen LogP contribution in [0, 0.1) is 6.92 Å². The smallest absolute Gasteiger partial charge is 0.303 e. The van der Waals surface area contributed by atoms with Crippen LogP contribution in [0.5, 0.6) is 0 Å². The van der Waals surface area contributed by atoms with Crippen molar-refractivity contribution in [3.63, 3.8) is 0 Å². The molecule has 0 amide bonds. The lowest BCUT2D eigenvalue weighted by molar-refractivity contribution is -0.136. The molecule has 0 aliphatic rings. The van der Waals surface area contributed by atoms with Crippen molar-refractivity contribution < 1.29 is 9.90 Å². The summed E-state index contributed by atoms with van der Waals surface area (Å²) in [6.45, 7) is 2.89. The van der Waals surface area contributed by atoms with E-state index in [0.29, 0.717) is 6.42 Å². The number of benzene rings is 4. The van der Waals surface area contributed by atoms with Crippen molar-refractivity contribution >= 4 is 34.8 Å². The van der Waals surface area contributed by atoms with Crippen LogP contribution in [0.25, 0.3) is 21.9 Å². The van der Waals surface area contributed by atoms with Crippen LogP contribution >= 0.6 is 12.4 Å². The molecule has 4 rings (SSSR count). The summed E-state index contributed by atoms with van der Waals surface area (Å²) in [5.41, 5.74) is 7.08. The van der Waals surface area contributed by atoms with E-state index in [1.165, 1.54) is 33.0 Å². The summed E-state index contributed by atoms with van der Waals surface area (Å²) >= 11 is 0. The summed E-state index contributed by atoms with van der Waals surface area (Å²) in [6.07, 6.45) is 0.717. The Morgan fingerprint density at radius 1 is 0.871 bits per heavy atom. The van der Waals surface area contributed by atoms with E-state index in [4.69, 9.17) is 5.11 Å². The summed E-state index contributed by atoms with van der Waals surface area (Å²) in [5.74, 6) is -0.765. The normalized spacial score (nSPS) is 10.5. The Morgan fingerprint density at radius 3 is 2.42 bits per heavy atom. The Hall–Kier alpha value is -3.30. The summed E-state index contributed by atoms with van der Waals surface area (Å²) in [4.78, 5) is 10.7. The molecule has 2 N–H and O–H groups in total. The Bertz CT molecular complexity index is 1190. The van der Waals surface area contributed by atoms with Gasteiger partial charge < -0.3 is 10.4 Å². The lowest BCUT2D eigenvalue weighted by Crippen LogP contribution is -2.00. The Kier molecular flexibility index (Phi) is 7.32. The monoisotopic (exact) mass is 431 g/mol. The molecule has 0 heterocycles. The van der Waals surface area contributed by atoms with E-state index in [1.54, 1.807) is 0 Å². The van der Waals surface area contributed by atoms with Gasteiger partial charge in [0.15, 0.2) is 0 Å².